The van der Waals surface area contributed by atoms with Crippen LogP contribution in [-0.4, -0.2) is 32.4 Å². The van der Waals surface area contributed by atoms with Crippen molar-refractivity contribution < 1.29 is 5.11 Å². The number of hydrogen-bond acceptors (Lipinski definition) is 6. The summed E-state index contributed by atoms with van der Waals surface area (Å²) < 4.78 is 5.30. The van der Waals surface area contributed by atoms with Crippen LogP contribution >= 0.6 is 23.3 Å². The fourth-order valence-corrected chi connectivity index (χ4v) is 3.07. The van der Waals surface area contributed by atoms with E-state index in [0.29, 0.717) is 0 Å². The number of thioether (sulfide) groups is 1. The molecule has 3 N–H and O–H groups in total. The van der Waals surface area contributed by atoms with E-state index in [1.54, 1.807) is 11.8 Å². The summed E-state index contributed by atoms with van der Waals surface area (Å²) in [5.41, 5.74) is 5.43. The largest absolute Gasteiger partial charge is 0.394 e. The molecule has 0 amide bonds. The summed E-state index contributed by atoms with van der Waals surface area (Å²) in [6.45, 7) is 4.00. The monoisotopic (exact) mass is 275 g/mol. The van der Waals surface area contributed by atoms with Gasteiger partial charge in [0, 0.05) is 17.7 Å². The number of aryl methyl sites for hydroxylation is 1. The lowest BCUT2D eigenvalue weighted by Gasteiger charge is -2.20. The summed E-state index contributed by atoms with van der Waals surface area (Å²) in [4.78, 5) is 4.40. The van der Waals surface area contributed by atoms with Crippen LogP contribution in [0, 0.1) is 0 Å². The van der Waals surface area contributed by atoms with Gasteiger partial charge in [-0.05, 0) is 31.3 Å². The molecule has 17 heavy (non-hydrogen) atoms. The third-order valence-corrected chi connectivity index (χ3v) is 4.45. The van der Waals surface area contributed by atoms with Crippen molar-refractivity contribution in [2.45, 2.75) is 49.4 Å². The Morgan fingerprint density at radius 2 is 2.24 bits per heavy atom. The van der Waals surface area contributed by atoms with E-state index in [0.717, 1.165) is 41.6 Å². The summed E-state index contributed by atoms with van der Waals surface area (Å²) in [6, 6.07) is 0. The Morgan fingerprint density at radius 1 is 1.47 bits per heavy atom. The second-order valence-electron chi connectivity index (χ2n) is 4.45. The van der Waals surface area contributed by atoms with Gasteiger partial charge >= 0.3 is 0 Å². The zero-order valence-corrected chi connectivity index (χ0v) is 12.1. The van der Waals surface area contributed by atoms with Crippen LogP contribution in [0.3, 0.4) is 0 Å². The second kappa shape index (κ2) is 7.31. The van der Waals surface area contributed by atoms with E-state index in [1.165, 1.54) is 11.5 Å². The molecule has 98 valence electrons. The minimum Gasteiger partial charge on any atom is -0.394 e. The van der Waals surface area contributed by atoms with E-state index in [-0.39, 0.29) is 6.61 Å². The van der Waals surface area contributed by atoms with Gasteiger partial charge in [0.25, 0.3) is 0 Å². The van der Waals surface area contributed by atoms with Crippen LogP contribution in [-0.2, 0) is 6.42 Å². The van der Waals surface area contributed by atoms with Gasteiger partial charge in [-0.2, -0.15) is 4.37 Å². The Bertz CT molecular complexity index is 328. The quantitative estimate of drug-likeness (QED) is 0.561. The molecule has 1 atom stereocenters. The smallest absolute Gasteiger partial charge is 0.170 e. The van der Waals surface area contributed by atoms with Gasteiger partial charge in [0.05, 0.1) is 6.61 Å². The van der Waals surface area contributed by atoms with Crippen LogP contribution in [0.5, 0.6) is 0 Å². The first-order chi connectivity index (χ1) is 8.07. The van der Waals surface area contributed by atoms with Crippen LogP contribution in [0.2, 0.25) is 0 Å². The van der Waals surface area contributed by atoms with E-state index < -0.39 is 5.54 Å². The fraction of sp³-hybridized carbons (Fsp3) is 0.818. The molecule has 1 aromatic heterocycles. The van der Waals surface area contributed by atoms with Crippen molar-refractivity contribution in [3.63, 3.8) is 0 Å². The van der Waals surface area contributed by atoms with E-state index in [2.05, 4.69) is 16.3 Å². The number of unbranched alkanes of at least 4 members (excludes halogenated alkanes) is 1. The molecule has 1 unspecified atom stereocenters. The van der Waals surface area contributed by atoms with Crippen LogP contribution in [0.1, 0.15) is 38.9 Å². The SMILES string of the molecule is CCc1nsc(SCCCCC(C)(N)CO)n1. The van der Waals surface area contributed by atoms with E-state index >= 15 is 0 Å². The van der Waals surface area contributed by atoms with E-state index in [1.807, 2.05) is 6.92 Å². The second-order valence-corrected chi connectivity index (χ2v) is 6.54. The van der Waals surface area contributed by atoms with E-state index in [4.69, 9.17) is 10.8 Å². The van der Waals surface area contributed by atoms with Crippen molar-refractivity contribution in [3.8, 4) is 0 Å². The van der Waals surface area contributed by atoms with E-state index in [9.17, 15) is 0 Å². The molecule has 1 aromatic rings. The Morgan fingerprint density at radius 3 is 2.82 bits per heavy atom. The van der Waals surface area contributed by atoms with Gasteiger partial charge < -0.3 is 10.8 Å². The lowest BCUT2D eigenvalue weighted by molar-refractivity contribution is 0.198. The maximum Gasteiger partial charge on any atom is 0.170 e. The van der Waals surface area contributed by atoms with Crippen molar-refractivity contribution in [2.24, 2.45) is 5.73 Å². The number of hydrogen-bond donors (Lipinski definition) is 2. The molecule has 0 saturated heterocycles. The number of aliphatic hydroxyl groups excluding tert-OH is 1. The average Bonchev–Trinajstić information content (AvgIpc) is 2.76. The number of nitrogens with zero attached hydrogens (tertiary/aromatic N) is 2. The Balaban J connectivity index is 2.12. The first-order valence-electron chi connectivity index (χ1n) is 5.92. The molecule has 0 fully saturated rings. The third kappa shape index (κ3) is 5.81. The lowest BCUT2D eigenvalue weighted by atomic mass is 9.98. The number of aliphatic hydroxyl groups is 1. The molecular formula is C11H21N3OS2. The zero-order valence-electron chi connectivity index (χ0n) is 10.5. The highest BCUT2D eigenvalue weighted by Gasteiger charge is 2.15. The van der Waals surface area contributed by atoms with Crippen molar-refractivity contribution in [1.82, 2.24) is 9.36 Å². The van der Waals surface area contributed by atoms with Gasteiger partial charge in [-0.25, -0.2) is 4.98 Å². The Kier molecular flexibility index (Phi) is 6.40. The molecule has 0 spiro atoms. The molecule has 1 rings (SSSR count). The zero-order chi connectivity index (χ0) is 12.7. The van der Waals surface area contributed by atoms with Gasteiger partial charge in [-0.3, -0.25) is 0 Å². The standard InChI is InChI=1S/C11H21N3OS2/c1-3-9-13-10(17-14-9)16-7-5-4-6-11(2,12)8-15/h15H,3-8,12H2,1-2H3. The Labute approximate surface area is 111 Å². The highest BCUT2D eigenvalue weighted by Crippen LogP contribution is 2.22. The third-order valence-electron chi connectivity index (χ3n) is 2.49. The summed E-state index contributed by atoms with van der Waals surface area (Å²) >= 11 is 3.24. The molecule has 0 bridgehead atoms. The lowest BCUT2D eigenvalue weighted by Crippen LogP contribution is -2.39. The van der Waals surface area contributed by atoms with Crippen molar-refractivity contribution >= 4 is 23.3 Å². The fourth-order valence-electron chi connectivity index (χ4n) is 1.31. The number of aromatic nitrogens is 2. The van der Waals surface area contributed by atoms with Gasteiger partial charge in [0.15, 0.2) is 4.34 Å². The minimum absolute atomic E-state index is 0.0520. The van der Waals surface area contributed by atoms with Gasteiger partial charge in [-0.15, -0.1) is 0 Å². The first kappa shape index (κ1) is 14.9. The topological polar surface area (TPSA) is 72.0 Å². The molecule has 0 radical (unpaired) electrons. The van der Waals surface area contributed by atoms with Crippen LogP contribution in [0.25, 0.3) is 0 Å². The van der Waals surface area contributed by atoms with Crippen molar-refractivity contribution in [3.05, 3.63) is 5.82 Å². The molecule has 0 aliphatic carbocycles. The van der Waals surface area contributed by atoms with Gasteiger partial charge in [0.1, 0.15) is 5.82 Å². The molecule has 0 aliphatic heterocycles. The highest BCUT2D eigenvalue weighted by atomic mass is 32.2. The van der Waals surface area contributed by atoms with Crippen LogP contribution in [0.15, 0.2) is 4.34 Å². The predicted molar refractivity (Wildman–Crippen MR) is 73.5 cm³/mol. The van der Waals surface area contributed by atoms with Crippen molar-refractivity contribution in [2.75, 3.05) is 12.4 Å². The molecule has 0 aromatic carbocycles. The normalized spacial score (nSPS) is 14.8. The summed E-state index contributed by atoms with van der Waals surface area (Å²) in [5, 5.41) is 9.01. The van der Waals surface area contributed by atoms with Crippen LogP contribution < -0.4 is 5.73 Å². The maximum absolute atomic E-state index is 9.01. The highest BCUT2D eigenvalue weighted by molar-refractivity contribution is 8.00. The number of nitrogens with two attached hydrogens (primary N) is 1. The first-order valence-corrected chi connectivity index (χ1v) is 7.68. The maximum atomic E-state index is 9.01. The van der Waals surface area contributed by atoms with Crippen LogP contribution in [0.4, 0.5) is 0 Å². The van der Waals surface area contributed by atoms with Gasteiger partial charge in [0.2, 0.25) is 0 Å². The molecule has 0 saturated carbocycles. The average molecular weight is 275 g/mol. The van der Waals surface area contributed by atoms with Gasteiger partial charge in [-0.1, -0.05) is 25.1 Å². The summed E-state index contributed by atoms with van der Waals surface area (Å²) in [7, 11) is 0. The molecule has 1 heterocycles. The molecule has 4 nitrogen and oxygen atoms in total. The summed E-state index contributed by atoms with van der Waals surface area (Å²) in [5.74, 6) is 1.98. The number of rotatable bonds is 8. The molecule has 6 heteroatoms. The molecular weight excluding hydrogens is 254 g/mol. The molecule has 0 aliphatic rings. The predicted octanol–water partition coefficient (Wildman–Crippen LogP) is 2.07. The minimum atomic E-state index is -0.428. The van der Waals surface area contributed by atoms with Crippen molar-refractivity contribution in [1.29, 1.82) is 0 Å². The summed E-state index contributed by atoms with van der Waals surface area (Å²) in [6.07, 6.45) is 3.90. The Hall–Kier alpha value is -0.170.